The minimum Gasteiger partial charge on any atom is -0.378 e. The van der Waals surface area contributed by atoms with Gasteiger partial charge in [-0.05, 0) is 28.4 Å². The average Bonchev–Trinajstić information content (AvgIpc) is 2.88. The second-order valence-corrected chi connectivity index (χ2v) is 4.68. The van der Waals surface area contributed by atoms with Gasteiger partial charge < -0.3 is 5.32 Å². The van der Waals surface area contributed by atoms with E-state index in [0.717, 1.165) is 13.0 Å². The Labute approximate surface area is 117 Å². The zero-order valence-corrected chi connectivity index (χ0v) is 11.6. The number of nitrogens with one attached hydrogen (secondary N) is 1. The summed E-state index contributed by atoms with van der Waals surface area (Å²) >= 11 is 3.26. The molecule has 0 radical (unpaired) electrons. The highest BCUT2D eigenvalue weighted by Crippen LogP contribution is 2.30. The number of nitro groups is 1. The Morgan fingerprint density at radius 1 is 1.47 bits per heavy atom. The van der Waals surface area contributed by atoms with Crippen molar-refractivity contribution in [2.45, 2.75) is 13.0 Å². The topological polar surface area (TPSA) is 85.9 Å². The van der Waals surface area contributed by atoms with Gasteiger partial charge in [0.2, 0.25) is 0 Å². The fourth-order valence-corrected chi connectivity index (χ4v) is 2.09. The second-order valence-electron chi connectivity index (χ2n) is 3.82. The molecule has 1 N–H and O–H groups in total. The molecule has 0 amide bonds. The fourth-order valence-electron chi connectivity index (χ4n) is 1.63. The van der Waals surface area contributed by atoms with Crippen LogP contribution in [0.2, 0.25) is 0 Å². The lowest BCUT2D eigenvalue weighted by atomic mass is 10.3. The van der Waals surface area contributed by atoms with Gasteiger partial charge >= 0.3 is 5.69 Å². The molecule has 0 unspecified atom stereocenters. The number of hydrogen-bond donors (Lipinski definition) is 1. The van der Waals surface area contributed by atoms with Crippen LogP contribution in [0.4, 0.5) is 11.4 Å². The van der Waals surface area contributed by atoms with E-state index in [0.29, 0.717) is 16.7 Å². The van der Waals surface area contributed by atoms with Crippen LogP contribution in [0.25, 0.3) is 0 Å². The first-order chi connectivity index (χ1) is 9.18. The molecule has 7 nitrogen and oxygen atoms in total. The van der Waals surface area contributed by atoms with E-state index in [1.54, 1.807) is 6.20 Å². The van der Waals surface area contributed by atoms with Gasteiger partial charge in [0.1, 0.15) is 11.9 Å². The first kappa shape index (κ1) is 13.5. The highest BCUT2D eigenvalue weighted by atomic mass is 79.9. The third kappa shape index (κ3) is 3.50. The largest absolute Gasteiger partial charge is 0.378 e. The van der Waals surface area contributed by atoms with Crippen molar-refractivity contribution in [1.82, 2.24) is 14.8 Å². The molecule has 0 aliphatic heterocycles. The Bertz CT molecular complexity index is 558. The standard InChI is InChI=1S/C11H12BrN5O2/c12-9-7-13-8-10(17(18)19)11(9)14-3-1-5-16-6-2-4-15-16/h2,4,6-8H,1,3,5H2,(H,13,14). The highest BCUT2D eigenvalue weighted by molar-refractivity contribution is 9.10. The van der Waals surface area contributed by atoms with Crippen LogP contribution in [0.1, 0.15) is 6.42 Å². The number of anilines is 1. The van der Waals surface area contributed by atoms with Crippen LogP contribution in [0.15, 0.2) is 35.3 Å². The maximum Gasteiger partial charge on any atom is 0.311 e. The maximum atomic E-state index is 10.9. The molecule has 0 aliphatic carbocycles. The van der Waals surface area contributed by atoms with Crippen LogP contribution in [0, 0.1) is 10.1 Å². The number of aryl methyl sites for hydroxylation is 1. The molecule has 8 heteroatoms. The molecule has 2 heterocycles. The predicted octanol–water partition coefficient (Wildman–Crippen LogP) is 2.45. The van der Waals surface area contributed by atoms with Crippen molar-refractivity contribution < 1.29 is 4.92 Å². The van der Waals surface area contributed by atoms with Crippen molar-refractivity contribution in [2.24, 2.45) is 0 Å². The minimum absolute atomic E-state index is 0.0338. The van der Waals surface area contributed by atoms with E-state index in [1.807, 2.05) is 16.9 Å². The average molecular weight is 326 g/mol. The normalized spacial score (nSPS) is 10.4. The van der Waals surface area contributed by atoms with E-state index in [9.17, 15) is 10.1 Å². The summed E-state index contributed by atoms with van der Waals surface area (Å²) in [4.78, 5) is 14.2. The molecule has 0 atom stereocenters. The summed E-state index contributed by atoms with van der Waals surface area (Å²) < 4.78 is 2.40. The van der Waals surface area contributed by atoms with E-state index in [2.05, 4.69) is 31.3 Å². The molecule has 0 bridgehead atoms. The van der Waals surface area contributed by atoms with Gasteiger partial charge in [-0.2, -0.15) is 5.10 Å². The van der Waals surface area contributed by atoms with Gasteiger partial charge in [0.25, 0.3) is 0 Å². The Hall–Kier alpha value is -1.96. The smallest absolute Gasteiger partial charge is 0.311 e. The predicted molar refractivity (Wildman–Crippen MR) is 73.9 cm³/mol. The van der Waals surface area contributed by atoms with E-state index in [4.69, 9.17) is 0 Å². The van der Waals surface area contributed by atoms with Crippen LogP contribution in [0.3, 0.4) is 0 Å². The van der Waals surface area contributed by atoms with E-state index in [1.165, 1.54) is 12.4 Å². The molecule has 2 aromatic heterocycles. The molecule has 100 valence electrons. The molecule has 0 spiro atoms. The Kier molecular flexibility index (Phi) is 4.45. The van der Waals surface area contributed by atoms with Crippen LogP contribution >= 0.6 is 15.9 Å². The number of pyridine rings is 1. The lowest BCUT2D eigenvalue weighted by Gasteiger charge is -2.08. The lowest BCUT2D eigenvalue weighted by molar-refractivity contribution is -0.384. The molecule has 0 aliphatic rings. The number of nitrogens with zero attached hydrogens (tertiary/aromatic N) is 4. The van der Waals surface area contributed by atoms with Crippen LogP contribution in [-0.4, -0.2) is 26.2 Å². The van der Waals surface area contributed by atoms with Crippen molar-refractivity contribution in [3.63, 3.8) is 0 Å². The number of hydrogen-bond acceptors (Lipinski definition) is 5. The van der Waals surface area contributed by atoms with E-state index < -0.39 is 4.92 Å². The van der Waals surface area contributed by atoms with Crippen molar-refractivity contribution >= 4 is 27.3 Å². The van der Waals surface area contributed by atoms with Gasteiger partial charge in [-0.3, -0.25) is 19.8 Å². The third-order valence-electron chi connectivity index (χ3n) is 2.50. The minimum atomic E-state index is -0.451. The Morgan fingerprint density at radius 2 is 2.32 bits per heavy atom. The van der Waals surface area contributed by atoms with Crippen LogP contribution < -0.4 is 5.32 Å². The van der Waals surface area contributed by atoms with Gasteiger partial charge in [-0.15, -0.1) is 0 Å². The molecule has 2 aromatic rings. The van der Waals surface area contributed by atoms with Crippen molar-refractivity contribution in [2.75, 3.05) is 11.9 Å². The number of aromatic nitrogens is 3. The Balaban J connectivity index is 1.93. The maximum absolute atomic E-state index is 10.9. The van der Waals surface area contributed by atoms with Crippen LogP contribution in [0.5, 0.6) is 0 Å². The van der Waals surface area contributed by atoms with Crippen molar-refractivity contribution in [3.8, 4) is 0 Å². The summed E-state index contributed by atoms with van der Waals surface area (Å²) in [6, 6.07) is 1.86. The molecular formula is C11H12BrN5O2. The third-order valence-corrected chi connectivity index (χ3v) is 3.10. The molecule has 0 fully saturated rings. The molecule has 19 heavy (non-hydrogen) atoms. The van der Waals surface area contributed by atoms with Gasteiger partial charge in [-0.1, -0.05) is 0 Å². The lowest BCUT2D eigenvalue weighted by Crippen LogP contribution is -2.09. The SMILES string of the molecule is O=[N+]([O-])c1cncc(Br)c1NCCCn1cccn1. The zero-order valence-electron chi connectivity index (χ0n) is 9.99. The summed E-state index contributed by atoms with van der Waals surface area (Å²) in [7, 11) is 0. The molecular weight excluding hydrogens is 314 g/mol. The monoisotopic (exact) mass is 325 g/mol. The summed E-state index contributed by atoms with van der Waals surface area (Å²) in [6.45, 7) is 1.37. The quantitative estimate of drug-likeness (QED) is 0.501. The Morgan fingerprint density at radius 3 is 3.00 bits per heavy atom. The first-order valence-corrected chi connectivity index (χ1v) is 6.47. The first-order valence-electron chi connectivity index (χ1n) is 5.67. The summed E-state index contributed by atoms with van der Waals surface area (Å²) in [5, 5.41) is 18.0. The van der Waals surface area contributed by atoms with E-state index >= 15 is 0 Å². The van der Waals surface area contributed by atoms with Gasteiger partial charge in [0, 0.05) is 31.7 Å². The van der Waals surface area contributed by atoms with Gasteiger partial charge in [0.15, 0.2) is 0 Å². The van der Waals surface area contributed by atoms with Crippen molar-refractivity contribution in [3.05, 3.63) is 45.4 Å². The van der Waals surface area contributed by atoms with Crippen molar-refractivity contribution in [1.29, 1.82) is 0 Å². The molecule has 0 saturated carbocycles. The zero-order chi connectivity index (χ0) is 13.7. The van der Waals surface area contributed by atoms with Gasteiger partial charge in [-0.25, -0.2) is 0 Å². The van der Waals surface area contributed by atoms with Gasteiger partial charge in [0.05, 0.1) is 9.40 Å². The summed E-state index contributed by atoms with van der Waals surface area (Å²) in [6.07, 6.45) is 7.18. The summed E-state index contributed by atoms with van der Waals surface area (Å²) in [5.74, 6) is 0. The number of halogens is 1. The highest BCUT2D eigenvalue weighted by Gasteiger charge is 2.16. The molecule has 0 saturated heterocycles. The summed E-state index contributed by atoms with van der Waals surface area (Å²) in [5.41, 5.74) is 0.425. The number of rotatable bonds is 6. The second kappa shape index (κ2) is 6.28. The van der Waals surface area contributed by atoms with E-state index in [-0.39, 0.29) is 5.69 Å². The molecule has 0 aromatic carbocycles. The van der Waals surface area contributed by atoms with Crippen LogP contribution in [-0.2, 0) is 6.54 Å². The fraction of sp³-hybridized carbons (Fsp3) is 0.273. The molecule has 2 rings (SSSR count).